The number of halogens is 1. The summed E-state index contributed by atoms with van der Waals surface area (Å²) in [6.45, 7) is 0. The van der Waals surface area contributed by atoms with Crippen LogP contribution in [-0.4, -0.2) is 20.2 Å². The highest BCUT2D eigenvalue weighted by molar-refractivity contribution is 14.1. The minimum absolute atomic E-state index is 0.0369. The van der Waals surface area contributed by atoms with Crippen LogP contribution < -0.4 is 0 Å². The summed E-state index contributed by atoms with van der Waals surface area (Å²) in [4.78, 5) is 20.7. The fourth-order valence-electron chi connectivity index (χ4n) is 1.79. The first-order valence-corrected chi connectivity index (χ1v) is 6.42. The van der Waals surface area contributed by atoms with E-state index in [1.165, 1.54) is 0 Å². The Labute approximate surface area is 117 Å². The minimum atomic E-state index is -0.0369. The van der Waals surface area contributed by atoms with Crippen molar-refractivity contribution in [2.75, 3.05) is 0 Å². The van der Waals surface area contributed by atoms with Crippen molar-refractivity contribution in [1.29, 1.82) is 0 Å². The molecule has 0 bridgehead atoms. The zero-order chi connectivity index (χ0) is 12.5. The summed E-state index contributed by atoms with van der Waals surface area (Å²) in [5, 5.41) is 0. The Balaban J connectivity index is 2.16. The van der Waals surface area contributed by atoms with E-state index in [0.717, 1.165) is 3.70 Å². The number of nitrogens with zero attached hydrogens (tertiary/aromatic N) is 3. The number of rotatable bonds is 2. The lowest BCUT2D eigenvalue weighted by Crippen LogP contribution is -2.05. The van der Waals surface area contributed by atoms with E-state index in [2.05, 4.69) is 32.6 Å². The van der Waals surface area contributed by atoms with Crippen LogP contribution in [0.3, 0.4) is 0 Å². The third-order valence-corrected chi connectivity index (χ3v) is 3.41. The maximum atomic E-state index is 12.3. The molecular formula is C13H8IN3O. The first-order valence-electron chi connectivity index (χ1n) is 5.34. The van der Waals surface area contributed by atoms with Crippen LogP contribution >= 0.6 is 22.6 Å². The number of hydrogen-bond acceptors (Lipinski definition) is 3. The molecule has 0 saturated carbocycles. The SMILES string of the molecule is O=C(c1ccccc1)c1cnc2c(I)nccn12. The highest BCUT2D eigenvalue weighted by Gasteiger charge is 2.15. The van der Waals surface area contributed by atoms with E-state index in [4.69, 9.17) is 0 Å². The van der Waals surface area contributed by atoms with Crippen molar-refractivity contribution in [3.05, 3.63) is 63.9 Å². The van der Waals surface area contributed by atoms with Gasteiger partial charge in [-0.25, -0.2) is 9.97 Å². The molecule has 3 rings (SSSR count). The van der Waals surface area contributed by atoms with E-state index in [1.54, 1.807) is 35.1 Å². The number of benzene rings is 1. The van der Waals surface area contributed by atoms with Crippen molar-refractivity contribution < 1.29 is 4.79 Å². The van der Waals surface area contributed by atoms with Gasteiger partial charge in [0, 0.05) is 18.0 Å². The molecule has 2 aromatic heterocycles. The second kappa shape index (κ2) is 4.49. The maximum absolute atomic E-state index is 12.3. The van der Waals surface area contributed by atoms with E-state index in [0.29, 0.717) is 16.9 Å². The monoisotopic (exact) mass is 349 g/mol. The van der Waals surface area contributed by atoms with Gasteiger partial charge in [0.25, 0.3) is 0 Å². The molecule has 0 N–H and O–H groups in total. The molecule has 0 saturated heterocycles. The van der Waals surface area contributed by atoms with Crippen LogP contribution in [-0.2, 0) is 0 Å². The predicted octanol–water partition coefficient (Wildman–Crippen LogP) is 2.56. The van der Waals surface area contributed by atoms with E-state index >= 15 is 0 Å². The summed E-state index contributed by atoms with van der Waals surface area (Å²) >= 11 is 2.10. The van der Waals surface area contributed by atoms with Gasteiger partial charge in [0.15, 0.2) is 5.65 Å². The van der Waals surface area contributed by atoms with E-state index in [-0.39, 0.29) is 5.78 Å². The fraction of sp³-hybridized carbons (Fsp3) is 0. The molecule has 0 aliphatic carbocycles. The van der Waals surface area contributed by atoms with Gasteiger partial charge < -0.3 is 0 Å². The number of carbonyl (C=O) groups is 1. The largest absolute Gasteiger partial charge is 0.293 e. The summed E-state index contributed by atoms with van der Waals surface area (Å²) in [7, 11) is 0. The van der Waals surface area contributed by atoms with Gasteiger partial charge >= 0.3 is 0 Å². The Morgan fingerprint density at radius 3 is 2.72 bits per heavy atom. The van der Waals surface area contributed by atoms with Crippen LogP contribution in [0.4, 0.5) is 0 Å². The third kappa shape index (κ3) is 1.80. The molecular weight excluding hydrogens is 341 g/mol. The molecule has 18 heavy (non-hydrogen) atoms. The Morgan fingerprint density at radius 1 is 1.17 bits per heavy atom. The van der Waals surface area contributed by atoms with Gasteiger partial charge in [0.2, 0.25) is 5.78 Å². The fourth-order valence-corrected chi connectivity index (χ4v) is 2.35. The predicted molar refractivity (Wildman–Crippen MR) is 75.6 cm³/mol. The van der Waals surface area contributed by atoms with Crippen LogP contribution in [0.5, 0.6) is 0 Å². The summed E-state index contributed by atoms with van der Waals surface area (Å²) < 4.78 is 2.55. The number of fused-ring (bicyclic) bond motifs is 1. The number of hydrogen-bond donors (Lipinski definition) is 0. The molecule has 2 heterocycles. The summed E-state index contributed by atoms with van der Waals surface area (Å²) in [6, 6.07) is 9.18. The molecule has 0 unspecified atom stereocenters. The minimum Gasteiger partial charge on any atom is -0.293 e. The van der Waals surface area contributed by atoms with Crippen molar-refractivity contribution in [3.63, 3.8) is 0 Å². The van der Waals surface area contributed by atoms with Crippen molar-refractivity contribution in [1.82, 2.24) is 14.4 Å². The zero-order valence-electron chi connectivity index (χ0n) is 9.25. The number of ketones is 1. The Hall–Kier alpha value is -1.76. The van der Waals surface area contributed by atoms with Crippen LogP contribution in [0.1, 0.15) is 16.1 Å². The second-order valence-corrected chi connectivity index (χ2v) is 4.77. The molecule has 4 nitrogen and oxygen atoms in total. The molecule has 1 aromatic carbocycles. The van der Waals surface area contributed by atoms with Crippen LogP contribution in [0, 0.1) is 3.70 Å². The Bertz CT molecular complexity index is 721. The van der Waals surface area contributed by atoms with Gasteiger partial charge in [-0.1, -0.05) is 30.3 Å². The lowest BCUT2D eigenvalue weighted by atomic mass is 10.1. The zero-order valence-corrected chi connectivity index (χ0v) is 11.4. The lowest BCUT2D eigenvalue weighted by Gasteiger charge is -2.01. The standard InChI is InChI=1S/C13H8IN3O/c14-12-13-16-8-10(17(13)7-6-15-12)11(18)9-4-2-1-3-5-9/h1-8H. The van der Waals surface area contributed by atoms with Crippen molar-refractivity contribution >= 4 is 34.0 Å². The molecule has 0 amide bonds. The summed E-state index contributed by atoms with van der Waals surface area (Å²) in [6.07, 6.45) is 5.01. The number of carbonyl (C=O) groups excluding carboxylic acids is 1. The Kier molecular flexibility index (Phi) is 2.83. The second-order valence-electron chi connectivity index (χ2n) is 3.75. The molecule has 0 fully saturated rings. The average Bonchev–Trinajstić information content (AvgIpc) is 2.84. The van der Waals surface area contributed by atoms with Crippen LogP contribution in [0.25, 0.3) is 5.65 Å². The van der Waals surface area contributed by atoms with Gasteiger partial charge in [-0.3, -0.25) is 9.20 Å². The molecule has 0 aliphatic rings. The van der Waals surface area contributed by atoms with E-state index in [1.807, 2.05) is 18.2 Å². The Morgan fingerprint density at radius 2 is 1.94 bits per heavy atom. The summed E-state index contributed by atoms with van der Waals surface area (Å²) in [5.74, 6) is -0.0369. The first kappa shape index (κ1) is 11.3. The normalized spacial score (nSPS) is 10.7. The topological polar surface area (TPSA) is 47.3 Å². The molecule has 88 valence electrons. The highest BCUT2D eigenvalue weighted by atomic mass is 127. The third-order valence-electron chi connectivity index (χ3n) is 2.65. The molecule has 3 aromatic rings. The molecule has 0 aliphatic heterocycles. The van der Waals surface area contributed by atoms with Crippen LogP contribution in [0.15, 0.2) is 48.9 Å². The maximum Gasteiger partial charge on any atom is 0.211 e. The van der Waals surface area contributed by atoms with E-state index in [9.17, 15) is 4.79 Å². The van der Waals surface area contributed by atoms with Gasteiger partial charge in [-0.2, -0.15) is 0 Å². The quantitative estimate of drug-likeness (QED) is 0.528. The number of imidazole rings is 1. The summed E-state index contributed by atoms with van der Waals surface area (Å²) in [5.41, 5.74) is 1.92. The van der Waals surface area contributed by atoms with Crippen LogP contribution in [0.2, 0.25) is 0 Å². The van der Waals surface area contributed by atoms with Crippen molar-refractivity contribution in [2.24, 2.45) is 0 Å². The van der Waals surface area contributed by atoms with Crippen molar-refractivity contribution in [2.45, 2.75) is 0 Å². The van der Waals surface area contributed by atoms with Gasteiger partial charge in [-0.05, 0) is 22.6 Å². The molecule has 0 atom stereocenters. The molecule has 0 radical (unpaired) electrons. The van der Waals surface area contributed by atoms with Gasteiger partial charge in [-0.15, -0.1) is 0 Å². The first-order chi connectivity index (χ1) is 8.77. The lowest BCUT2D eigenvalue weighted by molar-refractivity contribution is 0.103. The molecule has 5 heteroatoms. The van der Waals surface area contributed by atoms with Gasteiger partial charge in [0.05, 0.1) is 6.20 Å². The highest BCUT2D eigenvalue weighted by Crippen LogP contribution is 2.14. The van der Waals surface area contributed by atoms with Gasteiger partial charge in [0.1, 0.15) is 9.39 Å². The smallest absolute Gasteiger partial charge is 0.211 e. The number of aromatic nitrogens is 3. The average molecular weight is 349 g/mol. The molecule has 0 spiro atoms. The van der Waals surface area contributed by atoms with E-state index < -0.39 is 0 Å². The van der Waals surface area contributed by atoms with Crippen molar-refractivity contribution in [3.8, 4) is 0 Å².